The van der Waals surface area contributed by atoms with Crippen LogP contribution in [-0.2, 0) is 4.79 Å². The molecule has 1 amide bonds. The summed E-state index contributed by atoms with van der Waals surface area (Å²) in [6.07, 6.45) is 1.67. The zero-order valence-electron chi connectivity index (χ0n) is 13.1. The van der Waals surface area contributed by atoms with E-state index < -0.39 is 11.6 Å². The molecule has 4 nitrogen and oxygen atoms in total. The first-order valence-corrected chi connectivity index (χ1v) is 9.08. The summed E-state index contributed by atoms with van der Waals surface area (Å²) in [5.74, 6) is -2.05. The molecule has 8 heteroatoms. The molecule has 0 aliphatic heterocycles. The molecule has 0 spiro atoms. The molecule has 0 fully saturated rings. The van der Waals surface area contributed by atoms with Gasteiger partial charge in [-0.15, -0.1) is 11.3 Å². The number of hydrogen-bond donors (Lipinski definition) is 1. The Hall–Kier alpha value is -2.32. The summed E-state index contributed by atoms with van der Waals surface area (Å²) in [7, 11) is 0. The second-order valence-electron chi connectivity index (χ2n) is 5.08. The summed E-state index contributed by atoms with van der Waals surface area (Å²) in [4.78, 5) is 20.7. The quantitative estimate of drug-likeness (QED) is 0.660. The Morgan fingerprint density at radius 3 is 2.80 bits per heavy atom. The van der Waals surface area contributed by atoms with Crippen LogP contribution >= 0.6 is 23.1 Å². The molecule has 128 valence electrons. The fourth-order valence-electron chi connectivity index (χ4n) is 1.98. The Balaban J connectivity index is 1.66. The molecule has 3 rings (SSSR count). The van der Waals surface area contributed by atoms with E-state index in [-0.39, 0.29) is 11.2 Å². The lowest BCUT2D eigenvalue weighted by Gasteiger charge is -2.09. The molecule has 2 aromatic heterocycles. The monoisotopic (exact) mass is 377 g/mol. The fraction of sp³-hybridized carbons (Fsp3) is 0.118. The average molecular weight is 377 g/mol. The third-order valence-electron chi connectivity index (χ3n) is 3.25. The van der Waals surface area contributed by atoms with Crippen LogP contribution in [0.3, 0.4) is 0 Å². The van der Waals surface area contributed by atoms with Gasteiger partial charge in [-0.25, -0.2) is 18.7 Å². The molecule has 0 bridgehead atoms. The van der Waals surface area contributed by atoms with Crippen LogP contribution < -0.4 is 5.32 Å². The van der Waals surface area contributed by atoms with E-state index in [1.54, 1.807) is 18.5 Å². The molecule has 0 saturated carbocycles. The summed E-state index contributed by atoms with van der Waals surface area (Å²) in [6.45, 7) is 1.78. The van der Waals surface area contributed by atoms with Crippen molar-refractivity contribution in [1.29, 1.82) is 0 Å². The highest BCUT2D eigenvalue weighted by Gasteiger charge is 2.17. The van der Waals surface area contributed by atoms with Gasteiger partial charge in [-0.3, -0.25) is 4.79 Å². The number of aromatic nitrogens is 2. The number of pyridine rings is 1. The minimum Gasteiger partial charge on any atom is -0.301 e. The van der Waals surface area contributed by atoms with E-state index in [0.29, 0.717) is 16.4 Å². The zero-order valence-corrected chi connectivity index (χ0v) is 14.7. The van der Waals surface area contributed by atoms with Gasteiger partial charge in [-0.2, -0.15) is 0 Å². The van der Waals surface area contributed by atoms with Gasteiger partial charge >= 0.3 is 0 Å². The average Bonchev–Trinajstić information content (AvgIpc) is 3.06. The SMILES string of the molecule is C[C@H](Sc1ccccn1)C(=O)Nc1nc(-c2ccc(F)c(F)c2)cs1. The molecule has 1 atom stereocenters. The van der Waals surface area contributed by atoms with Crippen molar-refractivity contribution in [2.75, 3.05) is 5.32 Å². The van der Waals surface area contributed by atoms with E-state index in [9.17, 15) is 13.6 Å². The maximum absolute atomic E-state index is 13.3. The molecule has 25 heavy (non-hydrogen) atoms. The number of anilines is 1. The predicted octanol–water partition coefficient (Wildman–Crippen LogP) is 4.60. The summed E-state index contributed by atoms with van der Waals surface area (Å²) in [5.41, 5.74) is 0.927. The Morgan fingerprint density at radius 2 is 2.08 bits per heavy atom. The van der Waals surface area contributed by atoms with E-state index in [1.165, 1.54) is 29.2 Å². The number of hydrogen-bond acceptors (Lipinski definition) is 5. The van der Waals surface area contributed by atoms with E-state index in [1.807, 2.05) is 18.2 Å². The van der Waals surface area contributed by atoms with Crippen molar-refractivity contribution < 1.29 is 13.6 Å². The van der Waals surface area contributed by atoms with Gasteiger partial charge in [0.1, 0.15) is 0 Å². The molecule has 2 heterocycles. The number of benzene rings is 1. The Bertz CT molecular complexity index is 887. The van der Waals surface area contributed by atoms with Crippen molar-refractivity contribution in [3.8, 4) is 11.3 Å². The van der Waals surface area contributed by atoms with Crippen molar-refractivity contribution in [2.45, 2.75) is 17.2 Å². The van der Waals surface area contributed by atoms with Gasteiger partial charge in [0.15, 0.2) is 16.8 Å². The zero-order chi connectivity index (χ0) is 17.8. The summed E-state index contributed by atoms with van der Waals surface area (Å²) >= 11 is 2.56. The normalized spacial score (nSPS) is 12.0. The van der Waals surface area contributed by atoms with Crippen molar-refractivity contribution >= 4 is 34.1 Å². The molecular formula is C17H13F2N3OS2. The minimum absolute atomic E-state index is 0.207. The molecule has 0 saturated heterocycles. The second kappa shape index (κ2) is 7.71. The van der Waals surface area contributed by atoms with Crippen LogP contribution in [-0.4, -0.2) is 21.1 Å². The summed E-state index contributed by atoms with van der Waals surface area (Å²) in [5, 5.41) is 5.21. The molecule has 1 N–H and O–H groups in total. The van der Waals surface area contributed by atoms with Crippen molar-refractivity contribution in [3.63, 3.8) is 0 Å². The Labute approximate surface area is 151 Å². The van der Waals surface area contributed by atoms with Crippen molar-refractivity contribution in [1.82, 2.24) is 9.97 Å². The van der Waals surface area contributed by atoms with Crippen LogP contribution in [0.5, 0.6) is 0 Å². The number of nitrogens with zero attached hydrogens (tertiary/aromatic N) is 2. The maximum Gasteiger partial charge on any atom is 0.239 e. The smallest absolute Gasteiger partial charge is 0.239 e. The Kier molecular flexibility index (Phi) is 5.40. The third kappa shape index (κ3) is 4.40. The van der Waals surface area contributed by atoms with Gasteiger partial charge in [0, 0.05) is 17.1 Å². The standard InChI is InChI=1S/C17H13F2N3OS2/c1-10(25-15-4-2-3-7-20-15)16(23)22-17-21-14(9-24-17)11-5-6-12(18)13(19)8-11/h2-10H,1H3,(H,21,22,23)/t10-/m0/s1. The number of thiazole rings is 1. The fourth-order valence-corrected chi connectivity index (χ4v) is 3.51. The first-order chi connectivity index (χ1) is 12.0. The van der Waals surface area contributed by atoms with E-state index >= 15 is 0 Å². The van der Waals surface area contributed by atoms with Gasteiger partial charge in [0.25, 0.3) is 0 Å². The number of amides is 1. The molecule has 0 unspecified atom stereocenters. The van der Waals surface area contributed by atoms with Gasteiger partial charge in [0.05, 0.1) is 16.0 Å². The van der Waals surface area contributed by atoms with E-state index in [2.05, 4.69) is 15.3 Å². The second-order valence-corrected chi connectivity index (χ2v) is 7.30. The van der Waals surface area contributed by atoms with Gasteiger partial charge in [-0.1, -0.05) is 17.8 Å². The van der Waals surface area contributed by atoms with Gasteiger partial charge < -0.3 is 5.32 Å². The largest absolute Gasteiger partial charge is 0.301 e. The molecule has 0 aliphatic carbocycles. The number of carbonyl (C=O) groups is 1. The van der Waals surface area contributed by atoms with Gasteiger partial charge in [0.2, 0.25) is 5.91 Å². The topological polar surface area (TPSA) is 54.9 Å². The van der Waals surface area contributed by atoms with Crippen LogP contribution in [0.25, 0.3) is 11.3 Å². The highest BCUT2D eigenvalue weighted by atomic mass is 32.2. The van der Waals surface area contributed by atoms with Crippen molar-refractivity contribution in [3.05, 3.63) is 59.6 Å². The number of nitrogens with one attached hydrogen (secondary N) is 1. The van der Waals surface area contributed by atoms with Crippen LogP contribution in [0.2, 0.25) is 0 Å². The first-order valence-electron chi connectivity index (χ1n) is 7.32. The lowest BCUT2D eigenvalue weighted by Crippen LogP contribution is -2.22. The highest BCUT2D eigenvalue weighted by molar-refractivity contribution is 8.00. The number of carbonyl (C=O) groups excluding carboxylic acids is 1. The highest BCUT2D eigenvalue weighted by Crippen LogP contribution is 2.27. The number of halogens is 2. The van der Waals surface area contributed by atoms with E-state index in [4.69, 9.17) is 0 Å². The molecule has 0 radical (unpaired) electrons. The first kappa shape index (κ1) is 17.5. The molecular weight excluding hydrogens is 364 g/mol. The lowest BCUT2D eigenvalue weighted by atomic mass is 10.2. The Morgan fingerprint density at radius 1 is 1.24 bits per heavy atom. The van der Waals surface area contributed by atoms with Crippen LogP contribution in [0.15, 0.2) is 53.0 Å². The summed E-state index contributed by atoms with van der Waals surface area (Å²) < 4.78 is 26.3. The maximum atomic E-state index is 13.3. The summed E-state index contributed by atoms with van der Waals surface area (Å²) in [6, 6.07) is 9.07. The van der Waals surface area contributed by atoms with Crippen LogP contribution in [0.4, 0.5) is 13.9 Å². The van der Waals surface area contributed by atoms with E-state index in [0.717, 1.165) is 17.2 Å². The number of thioether (sulfide) groups is 1. The van der Waals surface area contributed by atoms with Gasteiger partial charge in [-0.05, 0) is 37.3 Å². The lowest BCUT2D eigenvalue weighted by molar-refractivity contribution is -0.115. The predicted molar refractivity (Wildman–Crippen MR) is 95.7 cm³/mol. The minimum atomic E-state index is -0.934. The number of rotatable bonds is 5. The van der Waals surface area contributed by atoms with Crippen LogP contribution in [0, 0.1) is 11.6 Å². The molecule has 3 aromatic rings. The van der Waals surface area contributed by atoms with Crippen molar-refractivity contribution in [2.24, 2.45) is 0 Å². The molecule has 0 aliphatic rings. The molecule has 1 aromatic carbocycles. The van der Waals surface area contributed by atoms with Crippen LogP contribution in [0.1, 0.15) is 6.92 Å². The third-order valence-corrected chi connectivity index (χ3v) is 5.06.